The van der Waals surface area contributed by atoms with E-state index < -0.39 is 21.1 Å². The van der Waals surface area contributed by atoms with Crippen LogP contribution in [0.5, 0.6) is 0 Å². The van der Waals surface area contributed by atoms with E-state index >= 15 is 0 Å². The zero-order chi connectivity index (χ0) is 16.8. The lowest BCUT2D eigenvalue weighted by Crippen LogP contribution is -2.50. The highest BCUT2D eigenvalue weighted by atomic mass is 127. The Morgan fingerprint density at radius 2 is 2.05 bits per heavy atom. The summed E-state index contributed by atoms with van der Waals surface area (Å²) in [6.07, 6.45) is -2.63. The van der Waals surface area contributed by atoms with Gasteiger partial charge in [-0.05, 0) is 56.8 Å². The van der Waals surface area contributed by atoms with Gasteiger partial charge in [-0.15, -0.1) is 0 Å². The Balaban J connectivity index is 1.92. The van der Waals surface area contributed by atoms with Gasteiger partial charge in [-0.3, -0.25) is 4.79 Å². The number of hydrogen-bond donors (Lipinski definition) is 1. The van der Waals surface area contributed by atoms with Gasteiger partial charge >= 0.3 is 12.1 Å². The van der Waals surface area contributed by atoms with E-state index in [-0.39, 0.29) is 30.8 Å². The summed E-state index contributed by atoms with van der Waals surface area (Å²) in [5.74, 6) is -1.41. The predicted octanol–water partition coefficient (Wildman–Crippen LogP) is 3.86. The molecule has 7 heteroatoms. The molecule has 0 aromatic heterocycles. The minimum atomic E-state index is -4.58. The van der Waals surface area contributed by atoms with Crippen LogP contribution in [0.25, 0.3) is 0 Å². The number of carbonyl (C=O) groups is 1. The van der Waals surface area contributed by atoms with Crippen LogP contribution in [0.4, 0.5) is 13.2 Å². The van der Waals surface area contributed by atoms with Crippen LogP contribution in [0.3, 0.4) is 0 Å². The molecule has 0 radical (unpaired) electrons. The fraction of sp³-hybridized carbons (Fsp3) is 0.933. The van der Waals surface area contributed by atoms with Gasteiger partial charge in [-0.2, -0.15) is 13.2 Å². The number of ether oxygens (including phenoxy) is 1. The Hall–Kier alpha value is -0.0500. The molecule has 2 bridgehead atoms. The van der Waals surface area contributed by atoms with Crippen LogP contribution in [-0.2, 0) is 9.53 Å². The molecular formula is C15H22F3IO3. The van der Waals surface area contributed by atoms with Crippen LogP contribution < -0.4 is 0 Å². The first kappa shape index (κ1) is 18.3. The van der Waals surface area contributed by atoms with Crippen molar-refractivity contribution in [2.24, 2.45) is 17.8 Å². The average molecular weight is 434 g/mol. The van der Waals surface area contributed by atoms with Gasteiger partial charge in [0.05, 0.1) is 6.61 Å². The molecule has 5 atom stereocenters. The maximum atomic E-state index is 13.1. The topological polar surface area (TPSA) is 46.5 Å². The molecule has 2 rings (SSSR count). The van der Waals surface area contributed by atoms with Gasteiger partial charge in [0.15, 0.2) is 5.60 Å². The predicted molar refractivity (Wildman–Crippen MR) is 83.6 cm³/mol. The molecule has 2 aliphatic rings. The Bertz CT molecular complexity index is 438. The third-order valence-electron chi connectivity index (χ3n) is 5.42. The zero-order valence-corrected chi connectivity index (χ0v) is 14.9. The summed E-state index contributed by atoms with van der Waals surface area (Å²) in [6.45, 7) is 3.79. The molecule has 2 saturated carbocycles. The minimum absolute atomic E-state index is 0.118. The molecule has 1 N–H and O–H groups in total. The van der Waals surface area contributed by atoms with Crippen molar-refractivity contribution in [1.82, 2.24) is 0 Å². The monoisotopic (exact) mass is 434 g/mol. The van der Waals surface area contributed by atoms with E-state index in [1.807, 2.05) is 29.5 Å². The largest absolute Gasteiger partial charge is 0.465 e. The third kappa shape index (κ3) is 3.12. The van der Waals surface area contributed by atoms with Gasteiger partial charge < -0.3 is 9.84 Å². The first-order chi connectivity index (χ1) is 10.0. The minimum Gasteiger partial charge on any atom is -0.465 e. The number of fused-ring (bicyclic) bond motifs is 2. The summed E-state index contributed by atoms with van der Waals surface area (Å²) in [5, 5.41) is 10.0. The number of rotatable bonds is 5. The van der Waals surface area contributed by atoms with Crippen LogP contribution in [0.2, 0.25) is 0 Å². The third-order valence-corrected chi connectivity index (χ3v) is 6.63. The van der Waals surface area contributed by atoms with Gasteiger partial charge in [-0.25, -0.2) is 0 Å². The molecule has 22 heavy (non-hydrogen) atoms. The second-order valence-corrected chi connectivity index (χ2v) is 9.09. The number of alkyl halides is 4. The molecule has 2 fully saturated rings. The van der Waals surface area contributed by atoms with Gasteiger partial charge in [0.1, 0.15) is 3.42 Å². The molecular weight excluding hydrogens is 412 g/mol. The first-order valence-corrected chi connectivity index (χ1v) is 8.76. The number of esters is 1. The quantitative estimate of drug-likeness (QED) is 0.406. The van der Waals surface area contributed by atoms with Crippen LogP contribution in [0.1, 0.15) is 46.0 Å². The molecule has 0 aromatic rings. The van der Waals surface area contributed by atoms with Gasteiger partial charge in [0.2, 0.25) is 0 Å². The van der Waals surface area contributed by atoms with Crippen molar-refractivity contribution >= 4 is 28.6 Å². The van der Waals surface area contributed by atoms with Crippen LogP contribution in [-0.4, -0.2) is 32.9 Å². The molecule has 0 aromatic carbocycles. The smallest absolute Gasteiger partial charge is 0.417 e. The van der Waals surface area contributed by atoms with Crippen molar-refractivity contribution in [1.29, 1.82) is 0 Å². The number of halogens is 4. The Labute approximate surface area is 142 Å². The lowest BCUT2D eigenvalue weighted by atomic mass is 9.82. The molecule has 0 aliphatic heterocycles. The van der Waals surface area contributed by atoms with E-state index in [0.29, 0.717) is 19.3 Å². The van der Waals surface area contributed by atoms with E-state index in [1.165, 1.54) is 0 Å². The second-order valence-electron chi connectivity index (χ2n) is 6.71. The summed E-state index contributed by atoms with van der Waals surface area (Å²) in [5.41, 5.74) is -2.55. The van der Waals surface area contributed by atoms with Crippen LogP contribution in [0.15, 0.2) is 0 Å². The van der Waals surface area contributed by atoms with Gasteiger partial charge in [0.25, 0.3) is 0 Å². The summed E-state index contributed by atoms with van der Waals surface area (Å²) >= 11 is 2.03. The molecule has 0 heterocycles. The summed E-state index contributed by atoms with van der Waals surface area (Å²) < 4.78 is 43.9. The lowest BCUT2D eigenvalue weighted by molar-refractivity contribution is -0.278. The first-order valence-electron chi connectivity index (χ1n) is 7.68. The van der Waals surface area contributed by atoms with Crippen LogP contribution in [0, 0.1) is 17.8 Å². The maximum Gasteiger partial charge on any atom is 0.417 e. The second kappa shape index (κ2) is 6.11. The SMILES string of the molecule is CCC(C)(I)C(=O)OCCC1C2CCC1C(O)(C(F)(F)F)C2. The Kier molecular flexibility index (Phi) is 5.08. The zero-order valence-electron chi connectivity index (χ0n) is 12.8. The fourth-order valence-electron chi connectivity index (χ4n) is 3.89. The number of aliphatic hydroxyl groups is 1. The molecule has 3 nitrogen and oxygen atoms in total. The van der Waals surface area contributed by atoms with Crippen molar-refractivity contribution < 1.29 is 27.8 Å². The molecule has 0 saturated heterocycles. The highest BCUT2D eigenvalue weighted by Crippen LogP contribution is 2.60. The highest BCUT2D eigenvalue weighted by molar-refractivity contribution is 14.1. The van der Waals surface area contributed by atoms with Crippen molar-refractivity contribution in [3.8, 4) is 0 Å². The Morgan fingerprint density at radius 3 is 2.55 bits per heavy atom. The van der Waals surface area contributed by atoms with E-state index in [4.69, 9.17) is 4.74 Å². The number of hydrogen-bond acceptors (Lipinski definition) is 3. The van der Waals surface area contributed by atoms with Crippen LogP contribution >= 0.6 is 22.6 Å². The van der Waals surface area contributed by atoms with E-state index in [2.05, 4.69) is 0 Å². The lowest BCUT2D eigenvalue weighted by Gasteiger charge is -2.34. The molecule has 2 aliphatic carbocycles. The molecule has 0 amide bonds. The van der Waals surface area contributed by atoms with E-state index in [9.17, 15) is 23.1 Å². The standard InChI is InChI=1S/C15H22F3IO3/c1-3-13(2,19)12(20)22-7-6-10-9-4-5-11(10)14(21,8-9)15(16,17)18/h9-11,21H,3-8H2,1-2H3. The van der Waals surface area contributed by atoms with Crippen molar-refractivity contribution in [2.75, 3.05) is 6.61 Å². The fourth-order valence-corrected chi connectivity index (χ4v) is 4.05. The molecule has 0 spiro atoms. The molecule has 5 unspecified atom stereocenters. The normalized spacial score (nSPS) is 37.1. The van der Waals surface area contributed by atoms with Crippen molar-refractivity contribution in [3.05, 3.63) is 0 Å². The van der Waals surface area contributed by atoms with Gasteiger partial charge in [0, 0.05) is 0 Å². The maximum absolute atomic E-state index is 13.1. The summed E-state index contributed by atoms with van der Waals surface area (Å²) in [7, 11) is 0. The summed E-state index contributed by atoms with van der Waals surface area (Å²) in [6, 6.07) is 0. The molecule has 128 valence electrons. The van der Waals surface area contributed by atoms with E-state index in [1.54, 1.807) is 6.92 Å². The summed E-state index contributed by atoms with van der Waals surface area (Å²) in [4.78, 5) is 11.9. The van der Waals surface area contributed by atoms with E-state index in [0.717, 1.165) is 6.42 Å². The van der Waals surface area contributed by atoms with Gasteiger partial charge in [-0.1, -0.05) is 29.5 Å². The van der Waals surface area contributed by atoms with Crippen molar-refractivity contribution in [2.45, 2.75) is 61.2 Å². The Morgan fingerprint density at radius 1 is 1.41 bits per heavy atom. The number of carbonyl (C=O) groups excluding carboxylic acids is 1. The highest BCUT2D eigenvalue weighted by Gasteiger charge is 2.67. The van der Waals surface area contributed by atoms with Crippen molar-refractivity contribution in [3.63, 3.8) is 0 Å². The average Bonchev–Trinajstić information content (AvgIpc) is 2.92.